The number of carbonyl (C=O) groups excluding carboxylic acids is 3. The van der Waals surface area contributed by atoms with Gasteiger partial charge in [-0.3, -0.25) is 19.3 Å². The number of hydrogen-bond donors (Lipinski definition) is 1. The third-order valence-corrected chi connectivity index (χ3v) is 4.62. The average Bonchev–Trinajstić information content (AvgIpc) is 3.01. The smallest absolute Gasteiger partial charge is 0.251 e. The largest absolute Gasteiger partial charge is 0.489 e. The fraction of sp³-hybridized carbons (Fsp3) is 0.286. The molecule has 1 heterocycles. The Bertz CT molecular complexity index is 868. The van der Waals surface area contributed by atoms with E-state index in [1.807, 2.05) is 18.2 Å². The normalized spacial score (nSPS) is 13.7. The second-order valence-electron chi connectivity index (χ2n) is 6.49. The van der Waals surface area contributed by atoms with E-state index in [2.05, 4.69) is 5.32 Å². The Morgan fingerprint density at radius 1 is 1.07 bits per heavy atom. The van der Waals surface area contributed by atoms with Crippen molar-refractivity contribution in [3.63, 3.8) is 0 Å². The van der Waals surface area contributed by atoms with E-state index < -0.39 is 0 Å². The van der Waals surface area contributed by atoms with E-state index in [4.69, 9.17) is 16.3 Å². The van der Waals surface area contributed by atoms with Gasteiger partial charge in [0.2, 0.25) is 11.8 Å². The van der Waals surface area contributed by atoms with Gasteiger partial charge in [0.25, 0.3) is 5.91 Å². The SMILES string of the molecule is O=C(NCCCN1C(=O)CCC1=O)c1cccc(OCc2cccc(Cl)c2)c1. The Morgan fingerprint density at radius 3 is 2.57 bits per heavy atom. The molecule has 0 aromatic heterocycles. The second kappa shape index (κ2) is 9.37. The maximum atomic E-state index is 12.3. The number of amides is 3. The lowest BCUT2D eigenvalue weighted by atomic mass is 10.2. The first-order valence-corrected chi connectivity index (χ1v) is 9.49. The van der Waals surface area contributed by atoms with Crippen molar-refractivity contribution < 1.29 is 19.1 Å². The van der Waals surface area contributed by atoms with E-state index in [0.717, 1.165) is 5.56 Å². The lowest BCUT2D eigenvalue weighted by Gasteiger charge is -2.13. The molecule has 2 aromatic rings. The minimum Gasteiger partial charge on any atom is -0.489 e. The molecule has 1 fully saturated rings. The lowest BCUT2D eigenvalue weighted by Crippen LogP contribution is -2.33. The molecule has 0 spiro atoms. The van der Waals surface area contributed by atoms with Crippen LogP contribution in [-0.4, -0.2) is 35.7 Å². The summed E-state index contributed by atoms with van der Waals surface area (Å²) in [7, 11) is 0. The number of imide groups is 1. The second-order valence-corrected chi connectivity index (χ2v) is 6.93. The molecule has 3 rings (SSSR count). The summed E-state index contributed by atoms with van der Waals surface area (Å²) in [6, 6.07) is 14.3. The summed E-state index contributed by atoms with van der Waals surface area (Å²) in [6.07, 6.45) is 1.09. The van der Waals surface area contributed by atoms with Crippen LogP contribution < -0.4 is 10.1 Å². The number of nitrogens with one attached hydrogen (secondary N) is 1. The van der Waals surface area contributed by atoms with Gasteiger partial charge in [-0.15, -0.1) is 0 Å². The highest BCUT2D eigenvalue weighted by atomic mass is 35.5. The van der Waals surface area contributed by atoms with Crippen molar-refractivity contribution in [1.82, 2.24) is 10.2 Å². The summed E-state index contributed by atoms with van der Waals surface area (Å²) >= 11 is 5.96. The van der Waals surface area contributed by atoms with Crippen LogP contribution in [0.4, 0.5) is 0 Å². The first kappa shape index (κ1) is 19.9. The third kappa shape index (κ3) is 5.33. The first-order valence-electron chi connectivity index (χ1n) is 9.11. The number of likely N-dealkylation sites (tertiary alicyclic amines) is 1. The Morgan fingerprint density at radius 2 is 1.82 bits per heavy atom. The molecule has 1 aliphatic heterocycles. The summed E-state index contributed by atoms with van der Waals surface area (Å²) in [5, 5.41) is 3.44. The van der Waals surface area contributed by atoms with Gasteiger partial charge < -0.3 is 10.1 Å². The van der Waals surface area contributed by atoms with Crippen LogP contribution in [0.5, 0.6) is 5.75 Å². The first-order chi connectivity index (χ1) is 13.5. The van der Waals surface area contributed by atoms with Crippen molar-refractivity contribution in [3.8, 4) is 5.75 Å². The molecule has 146 valence electrons. The lowest BCUT2D eigenvalue weighted by molar-refractivity contribution is -0.138. The Labute approximate surface area is 168 Å². The maximum Gasteiger partial charge on any atom is 0.251 e. The zero-order valence-corrected chi connectivity index (χ0v) is 16.1. The standard InChI is InChI=1S/C21H21ClN2O4/c22-17-6-1-4-15(12-17)14-28-18-7-2-5-16(13-18)21(27)23-10-3-11-24-19(25)8-9-20(24)26/h1-2,4-7,12-13H,3,8-11,14H2,(H,23,27). The van der Waals surface area contributed by atoms with Crippen LogP contribution in [0.15, 0.2) is 48.5 Å². The van der Waals surface area contributed by atoms with Gasteiger partial charge in [0, 0.05) is 36.5 Å². The van der Waals surface area contributed by atoms with Gasteiger partial charge in [-0.1, -0.05) is 29.8 Å². The van der Waals surface area contributed by atoms with E-state index in [0.29, 0.717) is 42.5 Å². The molecule has 6 nitrogen and oxygen atoms in total. The van der Waals surface area contributed by atoms with Crippen LogP contribution in [0, 0.1) is 0 Å². The van der Waals surface area contributed by atoms with Crippen molar-refractivity contribution >= 4 is 29.3 Å². The van der Waals surface area contributed by atoms with Crippen LogP contribution in [0.1, 0.15) is 35.2 Å². The molecule has 1 aliphatic rings. The molecule has 1 N–H and O–H groups in total. The molecule has 3 amide bonds. The quantitative estimate of drug-likeness (QED) is 0.545. The highest BCUT2D eigenvalue weighted by Crippen LogP contribution is 2.17. The van der Waals surface area contributed by atoms with Crippen molar-refractivity contribution in [2.75, 3.05) is 13.1 Å². The van der Waals surface area contributed by atoms with Crippen molar-refractivity contribution in [1.29, 1.82) is 0 Å². The molecular weight excluding hydrogens is 380 g/mol. The van der Waals surface area contributed by atoms with Crippen molar-refractivity contribution in [2.45, 2.75) is 25.9 Å². The summed E-state index contributed by atoms with van der Waals surface area (Å²) in [5.74, 6) is 0.0786. The molecule has 0 saturated carbocycles. The van der Waals surface area contributed by atoms with Crippen LogP contribution in [-0.2, 0) is 16.2 Å². The minimum absolute atomic E-state index is 0.138. The number of benzene rings is 2. The van der Waals surface area contributed by atoms with Crippen LogP contribution in [0.3, 0.4) is 0 Å². The summed E-state index contributed by atoms with van der Waals surface area (Å²) < 4.78 is 5.73. The molecule has 1 saturated heterocycles. The van der Waals surface area contributed by atoms with Gasteiger partial charge >= 0.3 is 0 Å². The molecule has 28 heavy (non-hydrogen) atoms. The van der Waals surface area contributed by atoms with Gasteiger partial charge in [-0.2, -0.15) is 0 Å². The zero-order valence-electron chi connectivity index (χ0n) is 15.3. The van der Waals surface area contributed by atoms with Gasteiger partial charge in [0.15, 0.2) is 0 Å². The average molecular weight is 401 g/mol. The van der Waals surface area contributed by atoms with Gasteiger partial charge in [0.1, 0.15) is 12.4 Å². The number of nitrogens with zero attached hydrogens (tertiary/aromatic N) is 1. The van der Waals surface area contributed by atoms with E-state index >= 15 is 0 Å². The summed E-state index contributed by atoms with van der Waals surface area (Å²) in [6.45, 7) is 1.06. The highest BCUT2D eigenvalue weighted by Gasteiger charge is 2.27. The number of halogens is 1. The molecular formula is C21H21ClN2O4. The predicted octanol–water partition coefficient (Wildman–Crippen LogP) is 3.19. The maximum absolute atomic E-state index is 12.3. The van der Waals surface area contributed by atoms with Crippen LogP contribution >= 0.6 is 11.6 Å². The third-order valence-electron chi connectivity index (χ3n) is 4.39. The molecule has 7 heteroatoms. The van der Waals surface area contributed by atoms with Crippen molar-refractivity contribution in [3.05, 3.63) is 64.7 Å². The van der Waals surface area contributed by atoms with Gasteiger partial charge in [-0.05, 0) is 42.3 Å². The van der Waals surface area contributed by atoms with E-state index in [1.54, 1.807) is 30.3 Å². The number of ether oxygens (including phenoxy) is 1. The minimum atomic E-state index is -0.229. The Hall–Kier alpha value is -2.86. The molecule has 0 radical (unpaired) electrons. The topological polar surface area (TPSA) is 75.7 Å². The fourth-order valence-corrected chi connectivity index (χ4v) is 3.15. The van der Waals surface area contributed by atoms with Gasteiger partial charge in [-0.25, -0.2) is 0 Å². The number of carbonyl (C=O) groups is 3. The fourth-order valence-electron chi connectivity index (χ4n) is 2.93. The predicted molar refractivity (Wildman–Crippen MR) is 105 cm³/mol. The summed E-state index contributed by atoms with van der Waals surface area (Å²) in [4.78, 5) is 36.7. The highest BCUT2D eigenvalue weighted by molar-refractivity contribution is 6.30. The zero-order chi connectivity index (χ0) is 19.9. The molecule has 0 atom stereocenters. The summed E-state index contributed by atoms with van der Waals surface area (Å²) in [5.41, 5.74) is 1.42. The number of hydrogen-bond acceptors (Lipinski definition) is 4. The molecule has 0 bridgehead atoms. The van der Waals surface area contributed by atoms with E-state index in [-0.39, 0.29) is 30.6 Å². The van der Waals surface area contributed by atoms with Gasteiger partial charge in [0.05, 0.1) is 0 Å². The number of rotatable bonds is 8. The van der Waals surface area contributed by atoms with Crippen LogP contribution in [0.25, 0.3) is 0 Å². The van der Waals surface area contributed by atoms with Crippen LogP contribution in [0.2, 0.25) is 5.02 Å². The van der Waals surface area contributed by atoms with E-state index in [9.17, 15) is 14.4 Å². The van der Waals surface area contributed by atoms with E-state index in [1.165, 1.54) is 4.90 Å². The molecule has 0 unspecified atom stereocenters. The Balaban J connectivity index is 1.46. The monoisotopic (exact) mass is 400 g/mol. The molecule has 0 aliphatic carbocycles. The Kier molecular flexibility index (Phi) is 6.66. The molecule has 2 aromatic carbocycles. The van der Waals surface area contributed by atoms with Crippen molar-refractivity contribution in [2.24, 2.45) is 0 Å².